The lowest BCUT2D eigenvalue weighted by atomic mass is 9.90. The van der Waals surface area contributed by atoms with Gasteiger partial charge in [-0.15, -0.1) is 0 Å². The Hall–Kier alpha value is -1.41. The summed E-state index contributed by atoms with van der Waals surface area (Å²) in [5.41, 5.74) is 7.12. The molecule has 0 saturated carbocycles. The lowest BCUT2D eigenvalue weighted by Crippen LogP contribution is -2.47. The van der Waals surface area contributed by atoms with E-state index in [-0.39, 0.29) is 0 Å². The maximum absolute atomic E-state index is 2.47. The molecule has 1 nitrogen and oxygen atoms in total. The smallest absolute Gasteiger partial charge is 0.201 e. The second-order valence-corrected chi connectivity index (χ2v) is 14.2. The lowest BCUT2D eigenvalue weighted by molar-refractivity contribution is -0.659. The minimum Gasteiger partial charge on any atom is -0.201 e. The van der Waals surface area contributed by atoms with Gasteiger partial charge in [-0.3, -0.25) is 0 Å². The maximum atomic E-state index is 2.47. The normalized spacial score (nSPS) is 12.3. The van der Waals surface area contributed by atoms with Crippen LogP contribution < -0.4 is 9.75 Å². The molecular weight excluding hydrogens is 330 g/mol. The van der Waals surface area contributed by atoms with Crippen molar-refractivity contribution in [1.82, 2.24) is 0 Å². The maximum Gasteiger partial charge on any atom is 0.212 e. The molecule has 0 unspecified atom stereocenters. The van der Waals surface area contributed by atoms with E-state index in [1.54, 1.807) is 5.19 Å². The highest BCUT2D eigenvalue weighted by Crippen LogP contribution is 2.30. The molecule has 0 aliphatic heterocycles. The van der Waals surface area contributed by atoms with Crippen LogP contribution in [0.4, 0.5) is 0 Å². The minimum absolute atomic E-state index is 0.555. The molecule has 0 spiro atoms. The van der Waals surface area contributed by atoms with E-state index in [0.29, 0.717) is 11.8 Å². The molecule has 1 aromatic heterocycles. The fourth-order valence-electron chi connectivity index (χ4n) is 3.97. The van der Waals surface area contributed by atoms with E-state index in [1.807, 2.05) is 0 Å². The number of hydrogen-bond donors (Lipinski definition) is 0. The van der Waals surface area contributed by atoms with Gasteiger partial charge in [-0.05, 0) is 54.4 Å². The van der Waals surface area contributed by atoms with Crippen LogP contribution in [0.25, 0.3) is 11.3 Å². The first-order chi connectivity index (χ1) is 12.1. The predicted octanol–water partition coefficient (Wildman–Crippen LogP) is 6.06. The first-order valence-corrected chi connectivity index (χ1v) is 13.7. The zero-order valence-electron chi connectivity index (χ0n) is 18.4. The molecular formula is C24H38NSi+. The summed E-state index contributed by atoms with van der Waals surface area (Å²) in [7, 11) is 0.844. The van der Waals surface area contributed by atoms with Crippen LogP contribution in [-0.4, -0.2) is 8.07 Å². The number of aryl methyl sites for hydroxylation is 2. The molecule has 0 fully saturated rings. The van der Waals surface area contributed by atoms with E-state index in [2.05, 4.69) is 96.3 Å². The van der Waals surface area contributed by atoms with Crippen LogP contribution in [0.2, 0.25) is 19.6 Å². The third kappa shape index (κ3) is 4.28. The summed E-state index contributed by atoms with van der Waals surface area (Å²) in [4.78, 5) is 0. The number of rotatable bonds is 6. The van der Waals surface area contributed by atoms with Crippen molar-refractivity contribution in [3.8, 4) is 11.3 Å². The topological polar surface area (TPSA) is 3.88 Å². The summed E-state index contributed by atoms with van der Waals surface area (Å²) < 4.78 is 2.36. The van der Waals surface area contributed by atoms with Gasteiger partial charge in [0.15, 0.2) is 6.20 Å². The highest BCUT2D eigenvalue weighted by atomic mass is 28.3. The lowest BCUT2D eigenvalue weighted by Gasteiger charge is -2.22. The van der Waals surface area contributed by atoms with Gasteiger partial charge < -0.3 is 0 Å². The number of aromatic nitrogens is 1. The van der Waals surface area contributed by atoms with Crippen molar-refractivity contribution in [1.29, 1.82) is 0 Å². The van der Waals surface area contributed by atoms with Gasteiger partial charge in [0.2, 0.25) is 5.69 Å². The molecule has 142 valence electrons. The van der Waals surface area contributed by atoms with Crippen LogP contribution in [0.1, 0.15) is 69.1 Å². The number of nitrogens with zero attached hydrogens (tertiary/aromatic N) is 1. The first-order valence-electron chi connectivity index (χ1n) is 10.2. The molecule has 0 aliphatic rings. The average Bonchev–Trinajstić information content (AvgIpc) is 2.56. The van der Waals surface area contributed by atoms with Crippen molar-refractivity contribution < 1.29 is 4.57 Å². The van der Waals surface area contributed by atoms with Crippen molar-refractivity contribution >= 4 is 13.3 Å². The number of hydrogen-bond acceptors (Lipinski definition) is 0. The average molecular weight is 369 g/mol. The Morgan fingerprint density at radius 1 is 1.00 bits per heavy atom. The molecule has 1 aromatic carbocycles. The minimum atomic E-state index is -1.37. The molecule has 0 atom stereocenters. The van der Waals surface area contributed by atoms with Crippen LogP contribution in [0.5, 0.6) is 0 Å². The van der Waals surface area contributed by atoms with E-state index in [1.165, 1.54) is 40.8 Å². The van der Waals surface area contributed by atoms with Crippen LogP contribution in [-0.2, 0) is 7.05 Å². The quantitative estimate of drug-likeness (QED) is 0.431. The van der Waals surface area contributed by atoms with Crippen LogP contribution in [0, 0.1) is 6.92 Å². The standard InChI is InChI=1S/C24H38NSi/c1-10-19(11-2)20-13-12-18(5)22(14-20)23-15-21(17(3)4)24(16-25(23)6)26(7,8)9/h12-17,19H,10-11H2,1-9H3/q+1. The summed E-state index contributed by atoms with van der Waals surface area (Å²) in [5.74, 6) is 1.21. The van der Waals surface area contributed by atoms with Gasteiger partial charge in [-0.1, -0.05) is 59.5 Å². The molecule has 2 heteroatoms. The van der Waals surface area contributed by atoms with Crippen molar-refractivity contribution in [2.45, 2.75) is 78.9 Å². The Labute approximate surface area is 162 Å². The van der Waals surface area contributed by atoms with Gasteiger partial charge in [0.05, 0.1) is 8.07 Å². The zero-order valence-corrected chi connectivity index (χ0v) is 19.4. The van der Waals surface area contributed by atoms with Gasteiger partial charge >= 0.3 is 0 Å². The number of benzene rings is 1. The summed E-state index contributed by atoms with van der Waals surface area (Å²) >= 11 is 0. The molecule has 0 bridgehead atoms. The summed E-state index contributed by atoms with van der Waals surface area (Å²) in [6.07, 6.45) is 4.83. The van der Waals surface area contributed by atoms with Crippen molar-refractivity contribution in [3.63, 3.8) is 0 Å². The van der Waals surface area contributed by atoms with Crippen LogP contribution in [0.3, 0.4) is 0 Å². The fraction of sp³-hybridized carbons (Fsp3) is 0.542. The monoisotopic (exact) mass is 368 g/mol. The van der Waals surface area contributed by atoms with E-state index in [0.717, 1.165) is 0 Å². The molecule has 0 amide bonds. The Morgan fingerprint density at radius 3 is 2.12 bits per heavy atom. The molecule has 0 aliphatic carbocycles. The van der Waals surface area contributed by atoms with E-state index in [9.17, 15) is 0 Å². The van der Waals surface area contributed by atoms with Crippen LogP contribution >= 0.6 is 0 Å². The Kier molecular flexibility index (Phi) is 6.49. The second-order valence-electron chi connectivity index (χ2n) is 9.13. The third-order valence-corrected chi connectivity index (χ3v) is 7.76. The molecule has 1 heterocycles. The third-order valence-electron chi connectivity index (χ3n) is 5.73. The predicted molar refractivity (Wildman–Crippen MR) is 118 cm³/mol. The highest BCUT2D eigenvalue weighted by molar-refractivity contribution is 6.89. The molecule has 2 rings (SSSR count). The second kappa shape index (κ2) is 8.08. The van der Waals surface area contributed by atoms with E-state index >= 15 is 0 Å². The zero-order chi connectivity index (χ0) is 19.6. The SMILES string of the molecule is CCC(CC)c1ccc(C)c(-c2cc(C(C)C)c([Si](C)(C)C)c[n+]2C)c1. The summed E-state index contributed by atoms with van der Waals surface area (Å²) in [6, 6.07) is 9.55. The highest BCUT2D eigenvalue weighted by Gasteiger charge is 2.27. The molecule has 0 saturated heterocycles. The fourth-order valence-corrected chi connectivity index (χ4v) is 5.77. The van der Waals surface area contributed by atoms with E-state index < -0.39 is 8.07 Å². The van der Waals surface area contributed by atoms with Crippen molar-refractivity contribution in [2.24, 2.45) is 7.05 Å². The molecule has 2 aromatic rings. The number of pyridine rings is 1. The summed E-state index contributed by atoms with van der Waals surface area (Å²) in [5, 5.41) is 1.59. The summed E-state index contributed by atoms with van der Waals surface area (Å²) in [6.45, 7) is 18.9. The van der Waals surface area contributed by atoms with Gasteiger partial charge in [0.1, 0.15) is 7.05 Å². The van der Waals surface area contributed by atoms with Crippen LogP contribution in [0.15, 0.2) is 30.5 Å². The largest absolute Gasteiger partial charge is 0.212 e. The Balaban J connectivity index is 2.69. The Bertz CT molecular complexity index is 765. The van der Waals surface area contributed by atoms with Gasteiger partial charge in [-0.25, -0.2) is 4.57 Å². The first kappa shape index (κ1) is 20.9. The van der Waals surface area contributed by atoms with Gasteiger partial charge in [-0.2, -0.15) is 0 Å². The van der Waals surface area contributed by atoms with Gasteiger partial charge in [0.25, 0.3) is 0 Å². The molecule has 0 N–H and O–H groups in total. The van der Waals surface area contributed by atoms with Gasteiger partial charge in [0, 0.05) is 16.8 Å². The Morgan fingerprint density at radius 2 is 1.62 bits per heavy atom. The molecule has 0 radical (unpaired) electrons. The van der Waals surface area contributed by atoms with E-state index in [4.69, 9.17) is 0 Å². The van der Waals surface area contributed by atoms with Crippen molar-refractivity contribution in [2.75, 3.05) is 0 Å². The molecule has 26 heavy (non-hydrogen) atoms. The van der Waals surface area contributed by atoms with Crippen molar-refractivity contribution in [3.05, 3.63) is 47.2 Å².